The molecular weight excluding hydrogens is 1120 g/mol. The van der Waals surface area contributed by atoms with E-state index >= 15 is 9.18 Å². The van der Waals surface area contributed by atoms with Gasteiger partial charge < -0.3 is 39.5 Å². The minimum Gasteiger partial charge on any atom is -0.490 e. The van der Waals surface area contributed by atoms with Crippen molar-refractivity contribution in [2.24, 2.45) is 11.8 Å². The SMILES string of the molecule is Cc1cc(F)c(Nc2nc(-c3ccc4c(c3)N(C3CC(N5CCCCC5)C3)C(=O)C43CCN(C(=O)[C@@H]4CCN(C(=O)CC5CCC(Oc6cccc7c6C(=O)N(C6CCC(=O)NC6=O)C7=O)CC5)C4)CC3)cc3ncn(C(C)C)c23)cc1C(=O)NC(C)C. The van der Waals surface area contributed by atoms with E-state index in [1.807, 2.05) is 54.2 Å². The monoisotopic (exact) mass is 1200 g/mol. The van der Waals surface area contributed by atoms with Crippen LogP contribution in [0.15, 0.2) is 60.9 Å². The number of halogens is 1. The van der Waals surface area contributed by atoms with Gasteiger partial charge >= 0.3 is 0 Å². The number of ether oxygens (including phenoxy) is 1. The molecule has 1 spiro atoms. The van der Waals surface area contributed by atoms with Gasteiger partial charge in [0.2, 0.25) is 29.5 Å². The van der Waals surface area contributed by atoms with Gasteiger partial charge in [0.25, 0.3) is 17.7 Å². The summed E-state index contributed by atoms with van der Waals surface area (Å²) in [7, 11) is 0. The predicted molar refractivity (Wildman–Crippen MR) is 326 cm³/mol. The average Bonchev–Trinajstić information content (AvgIpc) is 1.66. The van der Waals surface area contributed by atoms with E-state index in [2.05, 4.69) is 37.9 Å². The Hall–Kier alpha value is -8.07. The van der Waals surface area contributed by atoms with Crippen LogP contribution in [0.2, 0.25) is 0 Å². The summed E-state index contributed by atoms with van der Waals surface area (Å²) >= 11 is 0. The van der Waals surface area contributed by atoms with Gasteiger partial charge in [-0.25, -0.2) is 14.4 Å². The number of nitrogens with zero attached hydrogens (tertiary/aromatic N) is 8. The molecule has 2 atom stereocenters. The number of nitrogens with one attached hydrogen (secondary N) is 3. The lowest BCUT2D eigenvalue weighted by atomic mass is 9.73. The molecule has 3 N–H and O–H groups in total. The Morgan fingerprint density at radius 3 is 2.31 bits per heavy atom. The maximum atomic E-state index is 16.0. The summed E-state index contributed by atoms with van der Waals surface area (Å²) in [5.41, 5.74) is 4.92. The van der Waals surface area contributed by atoms with Crippen LogP contribution in [0, 0.1) is 24.6 Å². The van der Waals surface area contributed by atoms with Crippen LogP contribution in [-0.2, 0) is 29.4 Å². The molecule has 2 aromatic heterocycles. The number of likely N-dealkylation sites (tertiary alicyclic amines) is 3. The van der Waals surface area contributed by atoms with Gasteiger partial charge in [-0.1, -0.05) is 24.6 Å². The van der Waals surface area contributed by atoms with Gasteiger partial charge in [0.05, 0.1) is 51.8 Å². The third-order valence-electron chi connectivity index (χ3n) is 20.2. The van der Waals surface area contributed by atoms with Crippen LogP contribution in [0.3, 0.4) is 0 Å². The standard InChI is InChI=1S/C67H78FN11O9/c1-37(2)70-61(82)47-33-51(49(68)28-39(47)5)72-60-59-52(69-36-77(59)38(3)4)34-50(71-60)41-14-17-48-54(30-41)78(44-31-43(32-44)74-23-7-6-8-24-74)66(87)67(48)21-26-75(27-22-67)63(84)42-20-25-76(35-42)57(81)29-40-12-15-45(16-13-40)88-55-11-9-10-46-58(55)65(86)79(64(46)85)53-18-19-56(80)73-62(53)83/h9-11,14,17,28,30,33-34,36-38,40,42-45,53H,6-8,12-13,15-16,18-27,29,31-32,35H2,1-5H3,(H,70,82)(H,71,72)(H,73,80,83)/t40?,42-,43?,44?,45?,53?/m1/s1. The van der Waals surface area contributed by atoms with E-state index in [4.69, 9.17) is 14.7 Å². The van der Waals surface area contributed by atoms with E-state index in [-0.39, 0.29) is 95.1 Å². The molecule has 0 radical (unpaired) electrons. The van der Waals surface area contributed by atoms with Crippen molar-refractivity contribution in [3.63, 3.8) is 0 Å². The number of aryl methyl sites for hydroxylation is 1. The van der Waals surface area contributed by atoms with Crippen molar-refractivity contribution in [3.8, 4) is 17.0 Å². The number of pyridine rings is 1. The van der Waals surface area contributed by atoms with Crippen LogP contribution in [-0.4, -0.2) is 151 Å². The summed E-state index contributed by atoms with van der Waals surface area (Å²) in [6.45, 7) is 13.4. The molecule has 0 bridgehead atoms. The molecule has 2 aliphatic carbocycles. The van der Waals surface area contributed by atoms with Gasteiger partial charge in [0, 0.05) is 80.0 Å². The summed E-state index contributed by atoms with van der Waals surface area (Å²) < 4.78 is 24.3. The van der Waals surface area contributed by atoms with Gasteiger partial charge in [-0.05, 0) is 178 Å². The molecule has 13 rings (SSSR count). The molecule has 2 saturated carbocycles. The summed E-state index contributed by atoms with van der Waals surface area (Å²) in [5, 5.41) is 8.43. The van der Waals surface area contributed by atoms with E-state index in [1.54, 1.807) is 31.5 Å². The zero-order valence-electron chi connectivity index (χ0n) is 50.9. The number of fused-ring (bicyclic) bond motifs is 4. The maximum absolute atomic E-state index is 16.0. The molecule has 88 heavy (non-hydrogen) atoms. The van der Waals surface area contributed by atoms with Gasteiger partial charge in [-0.3, -0.25) is 48.6 Å². The van der Waals surface area contributed by atoms with Crippen LogP contribution in [0.4, 0.5) is 21.6 Å². The predicted octanol–water partition coefficient (Wildman–Crippen LogP) is 8.51. The molecule has 6 fully saturated rings. The number of rotatable bonds is 14. The molecule has 4 saturated heterocycles. The van der Waals surface area contributed by atoms with E-state index < -0.39 is 40.9 Å². The number of hydrogen-bond donors (Lipinski definition) is 3. The molecule has 8 aliphatic rings. The third kappa shape index (κ3) is 10.7. The van der Waals surface area contributed by atoms with Crippen LogP contribution >= 0.6 is 0 Å². The Balaban J connectivity index is 0.676. The van der Waals surface area contributed by atoms with E-state index in [9.17, 15) is 33.6 Å². The first kappa shape index (κ1) is 58.9. The van der Waals surface area contributed by atoms with E-state index in [1.165, 1.54) is 31.4 Å². The Morgan fingerprint density at radius 1 is 0.818 bits per heavy atom. The first-order valence-corrected chi connectivity index (χ1v) is 31.9. The molecular formula is C67H78FN11O9. The fourth-order valence-corrected chi connectivity index (χ4v) is 15.3. The van der Waals surface area contributed by atoms with Crippen LogP contribution < -0.4 is 25.6 Å². The van der Waals surface area contributed by atoms with E-state index in [0.717, 1.165) is 60.5 Å². The third-order valence-corrected chi connectivity index (χ3v) is 20.2. The van der Waals surface area contributed by atoms with Crippen LogP contribution in [0.25, 0.3) is 22.3 Å². The number of anilines is 3. The van der Waals surface area contributed by atoms with Crippen molar-refractivity contribution < 1.29 is 47.5 Å². The van der Waals surface area contributed by atoms with Crippen molar-refractivity contribution in [3.05, 3.63) is 94.6 Å². The molecule has 5 aromatic rings. The number of piperidine rings is 3. The normalized spacial score (nSPS) is 24.6. The molecule has 462 valence electrons. The second-order valence-electron chi connectivity index (χ2n) is 26.5. The van der Waals surface area contributed by atoms with Crippen molar-refractivity contribution in [2.75, 3.05) is 49.5 Å². The Bertz CT molecular complexity index is 3680. The lowest BCUT2D eigenvalue weighted by Crippen LogP contribution is -2.58. The highest BCUT2D eigenvalue weighted by molar-refractivity contribution is 6.24. The number of imide groups is 2. The molecule has 8 heterocycles. The zero-order chi connectivity index (χ0) is 61.4. The number of hydrogen-bond acceptors (Lipinski definition) is 13. The first-order valence-electron chi connectivity index (χ1n) is 31.9. The maximum Gasteiger partial charge on any atom is 0.266 e. The Kier molecular flexibility index (Phi) is 15.7. The largest absolute Gasteiger partial charge is 0.490 e. The fraction of sp³-hybridized carbons (Fsp3) is 0.522. The van der Waals surface area contributed by atoms with Gasteiger partial charge in [-0.2, -0.15) is 0 Å². The Labute approximate surface area is 511 Å². The van der Waals surface area contributed by atoms with Crippen LogP contribution in [0.1, 0.15) is 172 Å². The number of amides is 8. The number of carbonyl (C=O) groups excluding carboxylic acids is 8. The highest BCUT2D eigenvalue weighted by Gasteiger charge is 2.56. The summed E-state index contributed by atoms with van der Waals surface area (Å²) in [5.74, 6) is -2.60. The van der Waals surface area contributed by atoms with Crippen LogP contribution in [0.5, 0.6) is 5.75 Å². The fourth-order valence-electron chi connectivity index (χ4n) is 15.3. The summed E-state index contributed by atoms with van der Waals surface area (Å²) in [6.07, 6.45) is 11.6. The molecule has 21 heteroatoms. The van der Waals surface area contributed by atoms with Gasteiger partial charge in [0.1, 0.15) is 23.1 Å². The zero-order valence-corrected chi connectivity index (χ0v) is 50.9. The average molecular weight is 1200 g/mol. The number of carbonyl (C=O) groups is 8. The molecule has 3 aromatic carbocycles. The second kappa shape index (κ2) is 23.5. The lowest BCUT2D eigenvalue weighted by Gasteiger charge is -2.48. The quantitative estimate of drug-likeness (QED) is 0.0887. The smallest absolute Gasteiger partial charge is 0.266 e. The summed E-state index contributed by atoms with van der Waals surface area (Å²) in [6, 6.07) is 15.1. The molecule has 8 amide bonds. The molecule has 20 nitrogen and oxygen atoms in total. The molecule has 6 aliphatic heterocycles. The number of imidazole rings is 1. The number of aromatic nitrogens is 3. The highest BCUT2D eigenvalue weighted by atomic mass is 19.1. The van der Waals surface area contributed by atoms with Crippen molar-refractivity contribution in [2.45, 2.75) is 173 Å². The topological polar surface area (TPSA) is 229 Å². The first-order chi connectivity index (χ1) is 42.3. The van der Waals surface area contributed by atoms with E-state index in [0.29, 0.717) is 104 Å². The van der Waals surface area contributed by atoms with Crippen molar-refractivity contribution in [1.29, 1.82) is 0 Å². The van der Waals surface area contributed by atoms with Crippen molar-refractivity contribution >= 4 is 75.5 Å². The summed E-state index contributed by atoms with van der Waals surface area (Å²) in [4.78, 5) is 128. The molecule has 1 unspecified atom stereocenters. The number of benzene rings is 3. The second-order valence-corrected chi connectivity index (χ2v) is 26.5. The minimum absolute atomic E-state index is 0.00176. The van der Waals surface area contributed by atoms with Crippen molar-refractivity contribution in [1.82, 2.24) is 44.8 Å². The highest BCUT2D eigenvalue weighted by Crippen LogP contribution is 2.53. The minimum atomic E-state index is -1.08. The Morgan fingerprint density at radius 2 is 1.58 bits per heavy atom. The van der Waals surface area contributed by atoms with Gasteiger partial charge in [0.15, 0.2) is 5.82 Å². The lowest BCUT2D eigenvalue weighted by molar-refractivity contribution is -0.139. The van der Waals surface area contributed by atoms with Gasteiger partial charge in [-0.15, -0.1) is 0 Å².